The molecule has 2 aromatic rings. The Morgan fingerprint density at radius 2 is 1.50 bits per heavy atom. The molecule has 2 amide bonds. The van der Waals surface area contributed by atoms with Gasteiger partial charge in [-0.3, -0.25) is 14.5 Å². The lowest BCUT2D eigenvalue weighted by Gasteiger charge is -2.25. The van der Waals surface area contributed by atoms with E-state index >= 15 is 0 Å². The zero-order chi connectivity index (χ0) is 19.1. The van der Waals surface area contributed by atoms with Crippen molar-refractivity contribution in [2.75, 3.05) is 10.6 Å². The van der Waals surface area contributed by atoms with E-state index in [1.54, 1.807) is 4.90 Å². The molecule has 0 aromatic heterocycles. The second-order valence-electron chi connectivity index (χ2n) is 6.65. The predicted molar refractivity (Wildman–Crippen MR) is 106 cm³/mol. The number of primary amides is 1. The summed E-state index contributed by atoms with van der Waals surface area (Å²) >= 11 is 0. The number of benzene rings is 2. The zero-order valence-electron chi connectivity index (χ0n) is 15.5. The maximum Gasteiger partial charge on any atom is 0.231 e. The maximum absolute atomic E-state index is 13.0. The molecule has 0 unspecified atom stereocenters. The normalized spacial score (nSPS) is 10.5. The average molecular weight is 353 g/mol. The van der Waals surface area contributed by atoms with Crippen LogP contribution in [0.1, 0.15) is 43.2 Å². The van der Waals surface area contributed by atoms with Gasteiger partial charge in [-0.1, -0.05) is 30.2 Å². The van der Waals surface area contributed by atoms with Crippen LogP contribution in [0, 0.1) is 13.8 Å². The molecule has 0 spiro atoms. The summed E-state index contributed by atoms with van der Waals surface area (Å²) in [6.45, 7) is 3.99. The van der Waals surface area contributed by atoms with Crippen LogP contribution in [0.4, 0.5) is 17.1 Å². The van der Waals surface area contributed by atoms with Crippen LogP contribution in [0.5, 0.6) is 0 Å². The Bertz CT molecular complexity index is 769. The maximum atomic E-state index is 13.0. The van der Waals surface area contributed by atoms with Crippen molar-refractivity contribution in [3.8, 4) is 0 Å². The molecular formula is C21H27N3O2. The number of nitrogens with two attached hydrogens (primary N) is 2. The lowest BCUT2D eigenvalue weighted by molar-refractivity contribution is -0.118. The van der Waals surface area contributed by atoms with Crippen LogP contribution >= 0.6 is 0 Å². The Labute approximate surface area is 155 Å². The summed E-state index contributed by atoms with van der Waals surface area (Å²) in [5, 5.41) is 0. The average Bonchev–Trinajstić information content (AvgIpc) is 2.59. The standard InChI is InChI=1S/C21H27N3O2/c1-15-8-11-17(12-9-15)24(19-14-16(2)10-13-18(19)22)21(26)7-5-3-4-6-20(23)25/h8-14H,3-7,22H2,1-2H3,(H2,23,25). The smallest absolute Gasteiger partial charge is 0.231 e. The highest BCUT2D eigenvalue weighted by Gasteiger charge is 2.20. The summed E-state index contributed by atoms with van der Waals surface area (Å²) < 4.78 is 0. The van der Waals surface area contributed by atoms with Gasteiger partial charge in [-0.15, -0.1) is 0 Å². The fraction of sp³-hybridized carbons (Fsp3) is 0.333. The Morgan fingerprint density at radius 3 is 2.15 bits per heavy atom. The minimum Gasteiger partial charge on any atom is -0.397 e. The second kappa shape index (κ2) is 9.04. The quantitative estimate of drug-likeness (QED) is 0.555. The third kappa shape index (κ3) is 5.34. The molecule has 2 rings (SSSR count). The summed E-state index contributed by atoms with van der Waals surface area (Å²) in [5.41, 5.74) is 15.6. The van der Waals surface area contributed by atoms with Gasteiger partial charge in [0.2, 0.25) is 11.8 Å². The third-order valence-corrected chi connectivity index (χ3v) is 4.28. The first kappa shape index (κ1) is 19.5. The van der Waals surface area contributed by atoms with Gasteiger partial charge < -0.3 is 11.5 Å². The molecule has 5 heteroatoms. The molecule has 0 aliphatic rings. The van der Waals surface area contributed by atoms with Crippen LogP contribution in [-0.2, 0) is 9.59 Å². The van der Waals surface area contributed by atoms with Crippen molar-refractivity contribution < 1.29 is 9.59 Å². The summed E-state index contributed by atoms with van der Waals surface area (Å²) in [4.78, 5) is 25.5. The molecule has 0 saturated heterocycles. The first-order valence-electron chi connectivity index (χ1n) is 8.92. The third-order valence-electron chi connectivity index (χ3n) is 4.28. The molecule has 0 aliphatic heterocycles. The first-order valence-corrected chi connectivity index (χ1v) is 8.92. The molecule has 138 valence electrons. The minimum absolute atomic E-state index is 0.00905. The Morgan fingerprint density at radius 1 is 0.885 bits per heavy atom. The van der Waals surface area contributed by atoms with Gasteiger partial charge in [-0.2, -0.15) is 0 Å². The van der Waals surface area contributed by atoms with Gasteiger partial charge in [-0.25, -0.2) is 0 Å². The van der Waals surface area contributed by atoms with Gasteiger partial charge in [0, 0.05) is 18.5 Å². The number of aryl methyl sites for hydroxylation is 2. The molecule has 0 fully saturated rings. The van der Waals surface area contributed by atoms with Crippen molar-refractivity contribution in [2.45, 2.75) is 46.0 Å². The monoisotopic (exact) mass is 353 g/mol. The number of amides is 2. The Hall–Kier alpha value is -2.82. The van der Waals surface area contributed by atoms with E-state index in [2.05, 4.69) is 0 Å². The molecule has 0 heterocycles. The van der Waals surface area contributed by atoms with Crippen molar-refractivity contribution in [1.82, 2.24) is 0 Å². The number of carbonyl (C=O) groups excluding carboxylic acids is 2. The molecular weight excluding hydrogens is 326 g/mol. The number of nitrogens with zero attached hydrogens (tertiary/aromatic N) is 1. The molecule has 0 aliphatic carbocycles. The number of nitrogen functional groups attached to an aromatic ring is 1. The van der Waals surface area contributed by atoms with E-state index in [4.69, 9.17) is 11.5 Å². The summed E-state index contributed by atoms with van der Waals surface area (Å²) in [7, 11) is 0. The van der Waals surface area contributed by atoms with Crippen LogP contribution in [0.15, 0.2) is 42.5 Å². The van der Waals surface area contributed by atoms with Gasteiger partial charge in [-0.05, 0) is 56.5 Å². The number of anilines is 3. The van der Waals surface area contributed by atoms with E-state index in [1.807, 2.05) is 56.3 Å². The van der Waals surface area contributed by atoms with E-state index in [1.165, 1.54) is 0 Å². The van der Waals surface area contributed by atoms with E-state index in [9.17, 15) is 9.59 Å². The summed E-state index contributed by atoms with van der Waals surface area (Å²) in [6, 6.07) is 13.5. The van der Waals surface area contributed by atoms with Gasteiger partial charge in [0.1, 0.15) is 0 Å². The zero-order valence-corrected chi connectivity index (χ0v) is 15.5. The lowest BCUT2D eigenvalue weighted by atomic mass is 10.1. The summed E-state index contributed by atoms with van der Waals surface area (Å²) in [6.07, 6.45) is 2.96. The number of hydrogen-bond donors (Lipinski definition) is 2. The summed E-state index contributed by atoms with van der Waals surface area (Å²) in [5.74, 6) is -0.310. The van der Waals surface area contributed by atoms with Gasteiger partial charge in [0.25, 0.3) is 0 Å². The van der Waals surface area contributed by atoms with Crippen LogP contribution in [0.25, 0.3) is 0 Å². The van der Waals surface area contributed by atoms with E-state index in [0.717, 1.165) is 23.2 Å². The fourth-order valence-corrected chi connectivity index (χ4v) is 2.82. The van der Waals surface area contributed by atoms with Crippen LogP contribution < -0.4 is 16.4 Å². The molecule has 0 atom stereocenters. The predicted octanol–water partition coefficient (Wildman–Crippen LogP) is 3.99. The minimum atomic E-state index is -0.301. The highest BCUT2D eigenvalue weighted by molar-refractivity contribution is 6.03. The van der Waals surface area contributed by atoms with Crippen molar-refractivity contribution in [1.29, 1.82) is 0 Å². The van der Waals surface area contributed by atoms with E-state index in [0.29, 0.717) is 37.1 Å². The van der Waals surface area contributed by atoms with Gasteiger partial charge >= 0.3 is 0 Å². The second-order valence-corrected chi connectivity index (χ2v) is 6.65. The molecule has 2 aromatic carbocycles. The SMILES string of the molecule is Cc1ccc(N(C(=O)CCCCCC(N)=O)c2cc(C)ccc2N)cc1. The van der Waals surface area contributed by atoms with Crippen molar-refractivity contribution in [3.63, 3.8) is 0 Å². The number of unbranched alkanes of at least 4 members (excludes halogenated alkanes) is 2. The van der Waals surface area contributed by atoms with Crippen LogP contribution in [0.2, 0.25) is 0 Å². The highest BCUT2D eigenvalue weighted by atomic mass is 16.2. The Kier molecular flexibility index (Phi) is 6.78. The lowest BCUT2D eigenvalue weighted by Crippen LogP contribution is -2.26. The molecule has 0 bridgehead atoms. The van der Waals surface area contributed by atoms with Crippen molar-refractivity contribution in [3.05, 3.63) is 53.6 Å². The molecule has 4 N–H and O–H groups in total. The largest absolute Gasteiger partial charge is 0.397 e. The molecule has 0 saturated carbocycles. The fourth-order valence-electron chi connectivity index (χ4n) is 2.82. The molecule has 26 heavy (non-hydrogen) atoms. The van der Waals surface area contributed by atoms with Crippen molar-refractivity contribution in [2.24, 2.45) is 5.73 Å². The van der Waals surface area contributed by atoms with E-state index in [-0.39, 0.29) is 11.8 Å². The topological polar surface area (TPSA) is 89.4 Å². The first-order chi connectivity index (χ1) is 12.4. The van der Waals surface area contributed by atoms with Crippen LogP contribution in [0.3, 0.4) is 0 Å². The van der Waals surface area contributed by atoms with Gasteiger partial charge in [0.05, 0.1) is 11.4 Å². The molecule has 0 radical (unpaired) electrons. The van der Waals surface area contributed by atoms with E-state index < -0.39 is 0 Å². The highest BCUT2D eigenvalue weighted by Crippen LogP contribution is 2.32. The Balaban J connectivity index is 2.20. The molecule has 5 nitrogen and oxygen atoms in total. The van der Waals surface area contributed by atoms with Crippen molar-refractivity contribution >= 4 is 28.9 Å². The van der Waals surface area contributed by atoms with Gasteiger partial charge in [0.15, 0.2) is 0 Å². The number of carbonyl (C=O) groups is 2. The number of rotatable bonds is 8. The van der Waals surface area contributed by atoms with Crippen LogP contribution in [-0.4, -0.2) is 11.8 Å². The number of hydrogen-bond acceptors (Lipinski definition) is 3.